The van der Waals surface area contributed by atoms with Gasteiger partial charge in [0.2, 0.25) is 10.0 Å². The van der Waals surface area contributed by atoms with E-state index < -0.39 is 16.0 Å². The van der Waals surface area contributed by atoms with Gasteiger partial charge in [0.15, 0.2) is 0 Å². The van der Waals surface area contributed by atoms with Gasteiger partial charge in [0.1, 0.15) is 0 Å². The predicted octanol–water partition coefficient (Wildman–Crippen LogP) is 0.605. The molecule has 1 aliphatic heterocycles. The number of rotatable bonds is 5. The van der Waals surface area contributed by atoms with Gasteiger partial charge in [-0.3, -0.25) is 14.3 Å². The fraction of sp³-hybridized carbons (Fsp3) is 0.385. The number of benzene rings is 1. The van der Waals surface area contributed by atoms with E-state index in [1.165, 1.54) is 12.1 Å². The number of amides is 1. The van der Waals surface area contributed by atoms with E-state index in [0.29, 0.717) is 24.3 Å². The Morgan fingerprint density at radius 1 is 1.29 bits per heavy atom. The number of nitrogens with one attached hydrogen (secondary N) is 1. The molecule has 1 aromatic rings. The number of sulfonamides is 1. The average molecular weight is 312 g/mol. The predicted molar refractivity (Wildman–Crippen MR) is 76.6 cm³/mol. The third-order valence-corrected chi connectivity index (χ3v) is 3.75. The molecule has 0 aliphatic carbocycles. The Hall–Kier alpha value is -2.09. The molecule has 21 heavy (non-hydrogen) atoms. The maximum absolute atomic E-state index is 12.1. The minimum atomic E-state index is -3.34. The number of hydrogen-bond acceptors (Lipinski definition) is 4. The normalized spacial score (nSPS) is 15.4. The summed E-state index contributed by atoms with van der Waals surface area (Å²) in [6, 6.07) is 6.12. The summed E-state index contributed by atoms with van der Waals surface area (Å²) in [5.41, 5.74) is 0.837. The minimum Gasteiger partial charge on any atom is -0.481 e. The summed E-state index contributed by atoms with van der Waals surface area (Å²) in [6.45, 7) is 0.878. The third-order valence-electron chi connectivity index (χ3n) is 3.14. The van der Waals surface area contributed by atoms with Crippen molar-refractivity contribution in [1.82, 2.24) is 4.90 Å². The van der Waals surface area contributed by atoms with Crippen molar-refractivity contribution >= 4 is 27.6 Å². The second-order valence-corrected chi connectivity index (χ2v) is 6.87. The topological polar surface area (TPSA) is 104 Å². The van der Waals surface area contributed by atoms with Crippen LogP contribution in [0.15, 0.2) is 24.3 Å². The fourth-order valence-electron chi connectivity index (χ4n) is 2.19. The highest BCUT2D eigenvalue weighted by Crippen LogP contribution is 2.22. The van der Waals surface area contributed by atoms with Gasteiger partial charge < -0.3 is 10.0 Å². The molecule has 1 amide bonds. The Morgan fingerprint density at radius 3 is 2.33 bits per heavy atom. The molecular weight excluding hydrogens is 296 g/mol. The summed E-state index contributed by atoms with van der Waals surface area (Å²) >= 11 is 0. The molecule has 0 bridgehead atoms. The van der Waals surface area contributed by atoms with Crippen LogP contribution in [-0.2, 0) is 14.8 Å². The van der Waals surface area contributed by atoms with E-state index in [1.54, 1.807) is 17.0 Å². The summed E-state index contributed by atoms with van der Waals surface area (Å²) in [5.74, 6) is -1.02. The Morgan fingerprint density at radius 2 is 1.86 bits per heavy atom. The average Bonchev–Trinajstić information content (AvgIpc) is 2.31. The van der Waals surface area contributed by atoms with Gasteiger partial charge in [-0.25, -0.2) is 8.42 Å². The molecule has 2 rings (SSSR count). The van der Waals surface area contributed by atoms with Crippen molar-refractivity contribution in [3.8, 4) is 0 Å². The molecule has 0 aromatic heterocycles. The molecule has 8 heteroatoms. The molecule has 1 heterocycles. The maximum atomic E-state index is 12.1. The number of hydrogen-bond donors (Lipinski definition) is 2. The van der Waals surface area contributed by atoms with Crippen molar-refractivity contribution in [3.05, 3.63) is 29.8 Å². The van der Waals surface area contributed by atoms with Gasteiger partial charge in [0.05, 0.1) is 12.7 Å². The first kappa shape index (κ1) is 15.3. The molecular formula is C13H16N2O5S. The van der Waals surface area contributed by atoms with Gasteiger partial charge in [0.25, 0.3) is 5.91 Å². The van der Waals surface area contributed by atoms with Crippen LogP contribution >= 0.6 is 0 Å². The summed E-state index contributed by atoms with van der Waals surface area (Å²) in [4.78, 5) is 24.2. The molecule has 1 fully saturated rings. The quantitative estimate of drug-likeness (QED) is 0.829. The molecule has 1 aliphatic rings. The van der Waals surface area contributed by atoms with E-state index in [-0.39, 0.29) is 18.2 Å². The number of carbonyl (C=O) groups is 2. The van der Waals surface area contributed by atoms with E-state index in [4.69, 9.17) is 5.11 Å². The van der Waals surface area contributed by atoms with Crippen LogP contribution in [0.3, 0.4) is 0 Å². The number of carboxylic acids is 1. The Bertz CT molecular complexity index is 648. The molecule has 1 aromatic carbocycles. The first-order valence-corrected chi connectivity index (χ1v) is 8.22. The van der Waals surface area contributed by atoms with Gasteiger partial charge in [-0.1, -0.05) is 0 Å². The van der Waals surface area contributed by atoms with Crippen LogP contribution in [-0.4, -0.2) is 49.6 Å². The number of anilines is 1. The van der Waals surface area contributed by atoms with Crippen LogP contribution in [0.25, 0.3) is 0 Å². The second-order valence-electron chi connectivity index (χ2n) is 5.13. The zero-order valence-electron chi connectivity index (χ0n) is 11.4. The molecule has 0 saturated carbocycles. The Kier molecular flexibility index (Phi) is 4.17. The van der Waals surface area contributed by atoms with Crippen LogP contribution in [0.4, 0.5) is 5.69 Å². The Labute approximate surface area is 122 Å². The van der Waals surface area contributed by atoms with E-state index in [2.05, 4.69) is 4.72 Å². The van der Waals surface area contributed by atoms with Crippen LogP contribution in [0.5, 0.6) is 0 Å². The summed E-state index contributed by atoms with van der Waals surface area (Å²) in [5, 5.41) is 8.65. The lowest BCUT2D eigenvalue weighted by molar-refractivity contribution is -0.139. The number of carboxylic acid groups (broad SMARTS) is 1. The monoisotopic (exact) mass is 312 g/mol. The number of likely N-dealkylation sites (tertiary alicyclic amines) is 1. The first-order valence-electron chi connectivity index (χ1n) is 6.33. The van der Waals surface area contributed by atoms with Gasteiger partial charge >= 0.3 is 5.97 Å². The minimum absolute atomic E-state index is 0.0117. The molecule has 0 radical (unpaired) electrons. The molecule has 0 unspecified atom stereocenters. The lowest BCUT2D eigenvalue weighted by atomic mass is 9.95. The van der Waals surface area contributed by atoms with Crippen molar-refractivity contribution in [3.63, 3.8) is 0 Å². The van der Waals surface area contributed by atoms with E-state index in [9.17, 15) is 18.0 Å². The lowest BCUT2D eigenvalue weighted by Crippen LogP contribution is -2.50. The lowest BCUT2D eigenvalue weighted by Gasteiger charge is -2.38. The van der Waals surface area contributed by atoms with E-state index in [1.807, 2.05) is 0 Å². The molecule has 0 atom stereocenters. The summed E-state index contributed by atoms with van der Waals surface area (Å²) in [6.07, 6.45) is 1.12. The second kappa shape index (κ2) is 5.72. The van der Waals surface area contributed by atoms with Crippen molar-refractivity contribution in [2.75, 3.05) is 24.1 Å². The van der Waals surface area contributed by atoms with Gasteiger partial charge in [0, 0.05) is 30.3 Å². The van der Waals surface area contributed by atoms with Crippen molar-refractivity contribution in [2.24, 2.45) is 5.92 Å². The molecule has 1 saturated heterocycles. The number of carbonyl (C=O) groups excluding carboxylic acids is 1. The molecule has 0 spiro atoms. The highest BCUT2D eigenvalue weighted by molar-refractivity contribution is 7.92. The van der Waals surface area contributed by atoms with Crippen molar-refractivity contribution in [1.29, 1.82) is 0 Å². The van der Waals surface area contributed by atoms with Crippen molar-refractivity contribution in [2.45, 2.75) is 6.42 Å². The van der Waals surface area contributed by atoms with Crippen LogP contribution in [0.1, 0.15) is 16.8 Å². The highest BCUT2D eigenvalue weighted by Gasteiger charge is 2.32. The first-order chi connectivity index (χ1) is 9.74. The maximum Gasteiger partial charge on any atom is 0.303 e. The van der Waals surface area contributed by atoms with E-state index in [0.717, 1.165) is 6.26 Å². The largest absolute Gasteiger partial charge is 0.481 e. The van der Waals surface area contributed by atoms with E-state index >= 15 is 0 Å². The van der Waals surface area contributed by atoms with Crippen LogP contribution in [0.2, 0.25) is 0 Å². The Balaban J connectivity index is 1.94. The third kappa shape index (κ3) is 4.19. The van der Waals surface area contributed by atoms with Crippen molar-refractivity contribution < 1.29 is 23.1 Å². The van der Waals surface area contributed by atoms with Gasteiger partial charge in [-0.15, -0.1) is 0 Å². The fourth-order valence-corrected chi connectivity index (χ4v) is 2.75. The smallest absolute Gasteiger partial charge is 0.303 e. The van der Waals surface area contributed by atoms with Crippen LogP contribution < -0.4 is 4.72 Å². The summed E-state index contributed by atoms with van der Waals surface area (Å²) < 4.78 is 24.5. The summed E-state index contributed by atoms with van der Waals surface area (Å²) in [7, 11) is -3.34. The van der Waals surface area contributed by atoms with Gasteiger partial charge in [-0.05, 0) is 24.3 Å². The molecule has 7 nitrogen and oxygen atoms in total. The molecule has 2 N–H and O–H groups in total. The zero-order valence-corrected chi connectivity index (χ0v) is 12.3. The zero-order chi connectivity index (χ0) is 15.6. The highest BCUT2D eigenvalue weighted by atomic mass is 32.2. The van der Waals surface area contributed by atoms with Gasteiger partial charge in [-0.2, -0.15) is 0 Å². The number of aliphatic carboxylic acids is 1. The number of nitrogens with zero attached hydrogens (tertiary/aromatic N) is 1. The molecule has 114 valence electrons. The SMILES string of the molecule is CS(=O)(=O)Nc1ccc(C(=O)N2CC(CC(=O)O)C2)cc1. The van der Waals surface area contributed by atoms with Crippen LogP contribution in [0, 0.1) is 5.92 Å². The standard InChI is InChI=1S/C13H16N2O5S/c1-21(19,20)14-11-4-2-10(3-5-11)13(18)15-7-9(8-15)6-12(16)17/h2-5,9,14H,6-8H2,1H3,(H,16,17).